The third-order valence-corrected chi connectivity index (χ3v) is 5.72. The third kappa shape index (κ3) is 4.57. The fourth-order valence-corrected chi connectivity index (χ4v) is 3.93. The standard InChI is InChI=1S/C23H24N4O2S/c1-3-4-14-27-21(17-10-12-20(28-2)13-11-17)25-26-23(27)30-16-19-15-29-22(24-19)18-8-6-5-7-9-18/h5-13,15H,3-4,14,16H2,1-2H3. The van der Waals surface area contributed by atoms with Crippen LogP contribution >= 0.6 is 11.8 Å². The lowest BCUT2D eigenvalue weighted by atomic mass is 10.2. The van der Waals surface area contributed by atoms with E-state index in [2.05, 4.69) is 26.7 Å². The van der Waals surface area contributed by atoms with Crippen LogP contribution in [0.4, 0.5) is 0 Å². The number of nitrogens with zero attached hydrogens (tertiary/aromatic N) is 4. The molecule has 0 N–H and O–H groups in total. The molecule has 7 heteroatoms. The molecule has 2 heterocycles. The minimum atomic E-state index is 0.637. The molecule has 0 spiro atoms. The number of ether oxygens (including phenoxy) is 1. The van der Waals surface area contributed by atoms with Crippen LogP contribution in [0.15, 0.2) is 70.4 Å². The van der Waals surface area contributed by atoms with E-state index < -0.39 is 0 Å². The highest BCUT2D eigenvalue weighted by Crippen LogP contribution is 2.28. The van der Waals surface area contributed by atoms with Gasteiger partial charge in [-0.15, -0.1) is 10.2 Å². The van der Waals surface area contributed by atoms with Gasteiger partial charge in [0.1, 0.15) is 12.0 Å². The Balaban J connectivity index is 1.52. The van der Waals surface area contributed by atoms with Gasteiger partial charge in [-0.25, -0.2) is 4.98 Å². The van der Waals surface area contributed by atoms with Crippen molar-refractivity contribution >= 4 is 11.8 Å². The van der Waals surface area contributed by atoms with Crippen LogP contribution < -0.4 is 4.74 Å². The van der Waals surface area contributed by atoms with Gasteiger partial charge in [-0.2, -0.15) is 0 Å². The van der Waals surface area contributed by atoms with Crippen molar-refractivity contribution in [2.75, 3.05) is 7.11 Å². The highest BCUT2D eigenvalue weighted by molar-refractivity contribution is 7.98. The molecule has 0 atom stereocenters. The molecular weight excluding hydrogens is 396 g/mol. The number of hydrogen-bond donors (Lipinski definition) is 0. The Kier molecular flexibility index (Phi) is 6.49. The summed E-state index contributed by atoms with van der Waals surface area (Å²) < 4.78 is 13.1. The second-order valence-corrected chi connectivity index (χ2v) is 7.78. The van der Waals surface area contributed by atoms with Crippen LogP contribution in [0.1, 0.15) is 25.5 Å². The Morgan fingerprint density at radius 2 is 1.80 bits per heavy atom. The number of rotatable bonds is 9. The van der Waals surface area contributed by atoms with E-state index in [0.29, 0.717) is 11.6 Å². The number of aromatic nitrogens is 4. The SMILES string of the molecule is CCCCn1c(SCc2coc(-c3ccccc3)n2)nnc1-c1ccc(OC)cc1. The molecule has 0 aliphatic heterocycles. The second-order valence-electron chi connectivity index (χ2n) is 6.84. The van der Waals surface area contributed by atoms with Crippen molar-refractivity contribution in [1.82, 2.24) is 19.7 Å². The van der Waals surface area contributed by atoms with Crippen LogP contribution in [0.2, 0.25) is 0 Å². The summed E-state index contributed by atoms with van der Waals surface area (Å²) in [6.45, 7) is 3.06. The average Bonchev–Trinajstić information content (AvgIpc) is 3.44. The number of benzene rings is 2. The van der Waals surface area contributed by atoms with Crippen molar-refractivity contribution in [3.8, 4) is 28.6 Å². The first-order valence-electron chi connectivity index (χ1n) is 9.98. The molecule has 2 aromatic heterocycles. The Hall–Kier alpha value is -3.06. The van der Waals surface area contributed by atoms with Gasteiger partial charge in [-0.1, -0.05) is 43.3 Å². The predicted molar refractivity (Wildman–Crippen MR) is 118 cm³/mol. The van der Waals surface area contributed by atoms with Crippen molar-refractivity contribution in [2.45, 2.75) is 37.2 Å². The maximum atomic E-state index is 5.65. The lowest BCUT2D eigenvalue weighted by Gasteiger charge is -2.09. The lowest BCUT2D eigenvalue weighted by molar-refractivity contribution is 0.415. The number of hydrogen-bond acceptors (Lipinski definition) is 6. The van der Waals surface area contributed by atoms with Gasteiger partial charge in [0.05, 0.1) is 12.8 Å². The fourth-order valence-electron chi connectivity index (χ4n) is 3.09. The zero-order valence-corrected chi connectivity index (χ0v) is 17.9. The Morgan fingerprint density at radius 3 is 2.53 bits per heavy atom. The van der Waals surface area contributed by atoms with Crippen molar-refractivity contribution in [3.05, 3.63) is 66.6 Å². The van der Waals surface area contributed by atoms with Crippen molar-refractivity contribution in [1.29, 1.82) is 0 Å². The Bertz CT molecular complexity index is 1070. The molecule has 0 aliphatic carbocycles. The molecule has 6 nitrogen and oxygen atoms in total. The number of methoxy groups -OCH3 is 1. The van der Waals surface area contributed by atoms with E-state index in [1.54, 1.807) is 25.1 Å². The first-order valence-corrected chi connectivity index (χ1v) is 11.0. The van der Waals surface area contributed by atoms with Gasteiger partial charge in [0.15, 0.2) is 11.0 Å². The molecule has 4 rings (SSSR count). The summed E-state index contributed by atoms with van der Waals surface area (Å²) in [4.78, 5) is 4.61. The van der Waals surface area contributed by atoms with Gasteiger partial charge < -0.3 is 13.7 Å². The molecule has 30 heavy (non-hydrogen) atoms. The van der Waals surface area contributed by atoms with Gasteiger partial charge in [-0.05, 0) is 42.8 Å². The molecular formula is C23H24N4O2S. The molecule has 154 valence electrons. The highest BCUT2D eigenvalue weighted by Gasteiger charge is 2.15. The van der Waals surface area contributed by atoms with Crippen molar-refractivity contribution in [2.24, 2.45) is 0 Å². The van der Waals surface area contributed by atoms with Gasteiger partial charge in [0, 0.05) is 23.4 Å². The predicted octanol–water partition coefficient (Wildman–Crippen LogP) is 5.70. The Labute approximate surface area is 180 Å². The molecule has 0 aliphatic rings. The molecule has 0 saturated carbocycles. The average molecular weight is 421 g/mol. The molecule has 0 unspecified atom stereocenters. The smallest absolute Gasteiger partial charge is 0.226 e. The molecule has 0 amide bonds. The molecule has 2 aromatic carbocycles. The van der Waals surface area contributed by atoms with E-state index >= 15 is 0 Å². The van der Waals surface area contributed by atoms with E-state index in [0.717, 1.165) is 52.9 Å². The lowest BCUT2D eigenvalue weighted by Crippen LogP contribution is -2.02. The van der Waals surface area contributed by atoms with Crippen molar-refractivity contribution < 1.29 is 9.15 Å². The molecule has 0 bridgehead atoms. The number of thioether (sulfide) groups is 1. The minimum Gasteiger partial charge on any atom is -0.497 e. The second kappa shape index (κ2) is 9.63. The van der Waals surface area contributed by atoms with E-state index in [9.17, 15) is 0 Å². The summed E-state index contributed by atoms with van der Waals surface area (Å²) in [7, 11) is 1.67. The summed E-state index contributed by atoms with van der Waals surface area (Å²) in [5, 5.41) is 9.81. The fraction of sp³-hybridized carbons (Fsp3) is 0.261. The summed E-state index contributed by atoms with van der Waals surface area (Å²) in [5.41, 5.74) is 2.88. The van der Waals surface area contributed by atoms with Crippen LogP contribution in [-0.4, -0.2) is 26.9 Å². The minimum absolute atomic E-state index is 0.637. The van der Waals surface area contributed by atoms with Crippen LogP contribution in [-0.2, 0) is 12.3 Å². The third-order valence-electron chi connectivity index (χ3n) is 4.72. The molecule has 0 radical (unpaired) electrons. The number of unbranched alkanes of at least 4 members (excludes halogenated alkanes) is 1. The van der Waals surface area contributed by atoms with E-state index in [4.69, 9.17) is 9.15 Å². The zero-order chi connectivity index (χ0) is 20.8. The summed E-state index contributed by atoms with van der Waals surface area (Å²) in [6, 6.07) is 17.8. The molecule has 4 aromatic rings. The van der Waals surface area contributed by atoms with Crippen LogP contribution in [0.25, 0.3) is 22.8 Å². The maximum absolute atomic E-state index is 5.65. The number of oxazole rings is 1. The summed E-state index contributed by atoms with van der Waals surface area (Å²) in [5.74, 6) is 3.01. The first-order chi connectivity index (χ1) is 14.8. The monoisotopic (exact) mass is 420 g/mol. The van der Waals surface area contributed by atoms with Gasteiger partial charge in [0.25, 0.3) is 0 Å². The molecule has 0 saturated heterocycles. The Morgan fingerprint density at radius 1 is 1.00 bits per heavy atom. The van der Waals surface area contributed by atoms with Crippen LogP contribution in [0.5, 0.6) is 5.75 Å². The van der Waals surface area contributed by atoms with Crippen molar-refractivity contribution in [3.63, 3.8) is 0 Å². The molecule has 0 fully saturated rings. The normalized spacial score (nSPS) is 11.0. The first kappa shape index (κ1) is 20.2. The highest BCUT2D eigenvalue weighted by atomic mass is 32.2. The maximum Gasteiger partial charge on any atom is 0.226 e. The summed E-state index contributed by atoms with van der Waals surface area (Å²) >= 11 is 1.62. The topological polar surface area (TPSA) is 66.0 Å². The largest absolute Gasteiger partial charge is 0.497 e. The van der Waals surface area contributed by atoms with Gasteiger partial charge >= 0.3 is 0 Å². The van der Waals surface area contributed by atoms with Gasteiger partial charge in [-0.3, -0.25) is 0 Å². The van der Waals surface area contributed by atoms with Crippen LogP contribution in [0, 0.1) is 0 Å². The quantitative estimate of drug-likeness (QED) is 0.324. The van der Waals surface area contributed by atoms with E-state index in [-0.39, 0.29) is 0 Å². The van der Waals surface area contributed by atoms with Crippen LogP contribution in [0.3, 0.4) is 0 Å². The van der Waals surface area contributed by atoms with Gasteiger partial charge in [0.2, 0.25) is 5.89 Å². The van der Waals surface area contributed by atoms with E-state index in [1.807, 2.05) is 54.6 Å². The summed E-state index contributed by atoms with van der Waals surface area (Å²) in [6.07, 6.45) is 3.89. The van der Waals surface area contributed by atoms with E-state index in [1.165, 1.54) is 0 Å². The zero-order valence-electron chi connectivity index (χ0n) is 17.1.